The fraction of sp³-hybridized carbons (Fsp3) is 0.471. The van der Waals surface area contributed by atoms with Crippen LogP contribution >= 0.6 is 0 Å². The van der Waals surface area contributed by atoms with Crippen LogP contribution in [-0.4, -0.2) is 27.8 Å². The van der Waals surface area contributed by atoms with Gasteiger partial charge in [0.25, 0.3) is 0 Å². The van der Waals surface area contributed by atoms with E-state index in [0.29, 0.717) is 12.6 Å². The summed E-state index contributed by atoms with van der Waals surface area (Å²) in [5, 5.41) is 12.9. The lowest BCUT2D eigenvalue weighted by Crippen LogP contribution is -2.28. The number of nitrogens with zero attached hydrogens (tertiary/aromatic N) is 2. The maximum atomic E-state index is 9.36. The van der Waals surface area contributed by atoms with Gasteiger partial charge in [-0.2, -0.15) is 0 Å². The van der Waals surface area contributed by atoms with Crippen molar-refractivity contribution in [3.63, 3.8) is 0 Å². The van der Waals surface area contributed by atoms with Crippen molar-refractivity contribution in [2.24, 2.45) is 5.41 Å². The molecule has 1 aliphatic rings. The lowest BCUT2D eigenvalue weighted by Gasteiger charge is -2.19. The normalized spacial score (nSPS) is 17.7. The Kier molecular flexibility index (Phi) is 3.83. The minimum absolute atomic E-state index is 0.155. The number of rotatable bonds is 6. The molecule has 112 valence electrons. The summed E-state index contributed by atoms with van der Waals surface area (Å²) < 4.78 is 2.08. The maximum absolute atomic E-state index is 9.36. The highest BCUT2D eigenvalue weighted by molar-refractivity contribution is 5.36. The molecule has 2 N–H and O–H groups in total. The summed E-state index contributed by atoms with van der Waals surface area (Å²) in [5.41, 5.74) is 2.56. The summed E-state index contributed by atoms with van der Waals surface area (Å²) >= 11 is 0. The highest BCUT2D eigenvalue weighted by Gasteiger charge is 2.41. The number of benzene rings is 1. The van der Waals surface area contributed by atoms with Crippen molar-refractivity contribution in [2.45, 2.75) is 32.7 Å². The zero-order valence-corrected chi connectivity index (χ0v) is 12.7. The minimum atomic E-state index is 0.155. The monoisotopic (exact) mass is 285 g/mol. The van der Waals surface area contributed by atoms with Gasteiger partial charge in [0, 0.05) is 42.7 Å². The molecule has 0 spiro atoms. The molecule has 1 heterocycles. The van der Waals surface area contributed by atoms with E-state index >= 15 is 0 Å². The minimum Gasteiger partial charge on any atom is -0.396 e. The molecule has 1 unspecified atom stereocenters. The second-order valence-corrected chi connectivity index (χ2v) is 6.20. The van der Waals surface area contributed by atoms with Gasteiger partial charge in [0.15, 0.2) is 0 Å². The van der Waals surface area contributed by atoms with Crippen LogP contribution in [0.1, 0.15) is 37.2 Å². The predicted molar refractivity (Wildman–Crippen MR) is 83.5 cm³/mol. The predicted octanol–water partition coefficient (Wildman–Crippen LogP) is 2.60. The molecular formula is C17H23N3O. The van der Waals surface area contributed by atoms with Crippen molar-refractivity contribution in [3.05, 3.63) is 48.0 Å². The summed E-state index contributed by atoms with van der Waals surface area (Å²) in [6, 6.07) is 8.87. The molecule has 2 aromatic rings. The zero-order valence-electron chi connectivity index (χ0n) is 12.7. The summed E-state index contributed by atoms with van der Waals surface area (Å²) in [7, 11) is 0. The van der Waals surface area contributed by atoms with Crippen LogP contribution in [-0.2, 0) is 0 Å². The second-order valence-electron chi connectivity index (χ2n) is 6.20. The molecule has 0 amide bonds. The molecule has 0 aliphatic heterocycles. The van der Waals surface area contributed by atoms with E-state index < -0.39 is 0 Å². The molecule has 3 rings (SSSR count). The van der Waals surface area contributed by atoms with Crippen LogP contribution in [0.25, 0.3) is 5.69 Å². The molecule has 0 radical (unpaired) electrons. The van der Waals surface area contributed by atoms with Crippen molar-refractivity contribution >= 4 is 0 Å². The van der Waals surface area contributed by atoms with E-state index in [2.05, 4.69) is 46.1 Å². The molecule has 0 bridgehead atoms. The molecule has 1 aromatic heterocycles. The molecule has 1 atom stereocenters. The van der Waals surface area contributed by atoms with E-state index in [4.69, 9.17) is 0 Å². The first-order valence-corrected chi connectivity index (χ1v) is 7.58. The van der Waals surface area contributed by atoms with Crippen molar-refractivity contribution in [1.82, 2.24) is 14.9 Å². The average Bonchev–Trinajstić information content (AvgIpc) is 3.18. The van der Waals surface area contributed by atoms with Crippen LogP contribution < -0.4 is 5.32 Å². The van der Waals surface area contributed by atoms with Crippen molar-refractivity contribution in [3.8, 4) is 5.69 Å². The van der Waals surface area contributed by atoms with E-state index in [1.807, 2.05) is 19.3 Å². The van der Waals surface area contributed by atoms with Gasteiger partial charge in [-0.3, -0.25) is 0 Å². The van der Waals surface area contributed by atoms with E-state index in [1.165, 1.54) is 5.56 Å². The number of hydrogen-bond acceptors (Lipinski definition) is 3. The quantitative estimate of drug-likeness (QED) is 0.858. The van der Waals surface area contributed by atoms with Crippen LogP contribution in [0, 0.1) is 12.3 Å². The smallest absolute Gasteiger partial charge is 0.110 e. The molecular weight excluding hydrogens is 262 g/mol. The van der Waals surface area contributed by atoms with Gasteiger partial charge in [-0.25, -0.2) is 4.98 Å². The molecule has 1 saturated carbocycles. The SMILES string of the molecule is Cc1nccn1-c1ccc(C(C)NCC2(CO)CC2)cc1. The Morgan fingerprint density at radius 1 is 1.33 bits per heavy atom. The number of nitrogens with one attached hydrogen (secondary N) is 1. The van der Waals surface area contributed by atoms with Gasteiger partial charge in [-0.05, 0) is 44.4 Å². The fourth-order valence-electron chi connectivity index (χ4n) is 2.63. The molecule has 1 aliphatic carbocycles. The molecule has 0 saturated heterocycles. The number of hydrogen-bond donors (Lipinski definition) is 2. The lowest BCUT2D eigenvalue weighted by molar-refractivity contribution is 0.204. The standard InChI is InChI=1S/C17H23N3O/c1-13(19-11-17(12-21)7-8-17)15-3-5-16(6-4-15)20-10-9-18-14(20)2/h3-6,9-10,13,19,21H,7-8,11-12H2,1-2H3. The Morgan fingerprint density at radius 2 is 2.05 bits per heavy atom. The summed E-state index contributed by atoms with van der Waals surface area (Å²) in [4.78, 5) is 4.25. The van der Waals surface area contributed by atoms with E-state index in [1.54, 1.807) is 0 Å². The van der Waals surface area contributed by atoms with Gasteiger partial charge < -0.3 is 15.0 Å². The van der Waals surface area contributed by atoms with E-state index in [0.717, 1.165) is 30.9 Å². The van der Waals surface area contributed by atoms with E-state index in [9.17, 15) is 5.11 Å². The second kappa shape index (κ2) is 5.62. The Labute approximate surface area is 125 Å². The van der Waals surface area contributed by atoms with Crippen LogP contribution in [0.15, 0.2) is 36.7 Å². The molecule has 4 nitrogen and oxygen atoms in total. The third-order valence-electron chi connectivity index (χ3n) is 4.57. The van der Waals surface area contributed by atoms with Gasteiger partial charge >= 0.3 is 0 Å². The highest BCUT2D eigenvalue weighted by Crippen LogP contribution is 2.44. The van der Waals surface area contributed by atoms with Crippen LogP contribution in [0.5, 0.6) is 0 Å². The van der Waals surface area contributed by atoms with Gasteiger partial charge in [-0.1, -0.05) is 12.1 Å². The van der Waals surface area contributed by atoms with Gasteiger partial charge in [-0.15, -0.1) is 0 Å². The Hall–Kier alpha value is -1.65. The summed E-state index contributed by atoms with van der Waals surface area (Å²) in [5.74, 6) is 0.993. The first-order valence-electron chi connectivity index (χ1n) is 7.58. The topological polar surface area (TPSA) is 50.1 Å². The van der Waals surface area contributed by atoms with Gasteiger partial charge in [0.1, 0.15) is 5.82 Å². The number of imidazole rings is 1. The summed E-state index contributed by atoms with van der Waals surface area (Å²) in [6.45, 7) is 5.37. The lowest BCUT2D eigenvalue weighted by atomic mass is 10.1. The Bertz CT molecular complexity index is 599. The fourth-order valence-corrected chi connectivity index (χ4v) is 2.63. The number of aliphatic hydroxyl groups excluding tert-OH is 1. The van der Waals surface area contributed by atoms with Crippen LogP contribution in [0.4, 0.5) is 0 Å². The van der Waals surface area contributed by atoms with Gasteiger partial charge in [0.2, 0.25) is 0 Å². The number of aryl methyl sites for hydroxylation is 1. The highest BCUT2D eigenvalue weighted by atomic mass is 16.3. The molecule has 4 heteroatoms. The maximum Gasteiger partial charge on any atom is 0.110 e. The van der Waals surface area contributed by atoms with Crippen molar-refractivity contribution in [2.75, 3.05) is 13.2 Å². The van der Waals surface area contributed by atoms with Gasteiger partial charge in [0.05, 0.1) is 0 Å². The first-order chi connectivity index (χ1) is 10.1. The Balaban J connectivity index is 1.65. The first kappa shape index (κ1) is 14.3. The molecule has 21 heavy (non-hydrogen) atoms. The third-order valence-corrected chi connectivity index (χ3v) is 4.57. The van der Waals surface area contributed by atoms with E-state index in [-0.39, 0.29) is 5.41 Å². The number of aliphatic hydroxyl groups is 1. The average molecular weight is 285 g/mol. The van der Waals surface area contributed by atoms with Crippen LogP contribution in [0.3, 0.4) is 0 Å². The van der Waals surface area contributed by atoms with Crippen LogP contribution in [0.2, 0.25) is 0 Å². The summed E-state index contributed by atoms with van der Waals surface area (Å²) in [6.07, 6.45) is 6.08. The van der Waals surface area contributed by atoms with Crippen molar-refractivity contribution in [1.29, 1.82) is 0 Å². The Morgan fingerprint density at radius 3 is 2.57 bits per heavy atom. The molecule has 1 fully saturated rings. The van der Waals surface area contributed by atoms with Crippen molar-refractivity contribution < 1.29 is 5.11 Å². The zero-order chi connectivity index (χ0) is 14.9. The third kappa shape index (κ3) is 3.01. The molecule has 1 aromatic carbocycles. The number of aromatic nitrogens is 2. The largest absolute Gasteiger partial charge is 0.396 e.